The minimum Gasteiger partial charge on any atom is -0.211 e. The fraction of sp³-hybridized carbons (Fsp3) is 0.500. The van der Waals surface area contributed by atoms with Gasteiger partial charge in [0.2, 0.25) is 10.0 Å². The van der Waals surface area contributed by atoms with Crippen LogP contribution in [0.25, 0.3) is 0 Å². The molecule has 0 spiro atoms. The van der Waals surface area contributed by atoms with Gasteiger partial charge in [0.15, 0.2) is 0 Å². The Morgan fingerprint density at radius 1 is 1.11 bits per heavy atom. The number of rotatable bonds is 8. The van der Waals surface area contributed by atoms with Gasteiger partial charge >= 0.3 is 0 Å². The van der Waals surface area contributed by atoms with Crippen molar-refractivity contribution < 1.29 is 8.42 Å². The summed E-state index contributed by atoms with van der Waals surface area (Å²) < 4.78 is 28.4. The van der Waals surface area contributed by atoms with E-state index in [1.165, 1.54) is 17.3 Å². The number of unbranched alkanes of at least 4 members (excludes halogenated alkanes) is 3. The van der Waals surface area contributed by atoms with Crippen LogP contribution >= 0.6 is 38.5 Å². The predicted octanol–water partition coefficient (Wildman–Crippen LogP) is 3.72. The first-order valence-electron chi connectivity index (χ1n) is 5.88. The standard InChI is InChI=1S/C12H17BrINO2S/c13-11-7-3-4-8-12(11)18(16,17)15-10-6-2-1-5-9-14/h3-4,7-8,15H,1-2,5-6,9-10H2. The quantitative estimate of drug-likeness (QED) is 0.376. The highest BCUT2D eigenvalue weighted by Crippen LogP contribution is 2.20. The first-order valence-corrected chi connectivity index (χ1v) is 9.68. The molecule has 0 saturated heterocycles. The average molecular weight is 446 g/mol. The van der Waals surface area contributed by atoms with E-state index in [-0.39, 0.29) is 0 Å². The molecular weight excluding hydrogens is 429 g/mol. The smallest absolute Gasteiger partial charge is 0.211 e. The van der Waals surface area contributed by atoms with Gasteiger partial charge in [-0.1, -0.05) is 47.6 Å². The SMILES string of the molecule is O=S(=O)(NCCCCCCI)c1ccccc1Br. The van der Waals surface area contributed by atoms with Crippen molar-refractivity contribution in [3.05, 3.63) is 28.7 Å². The summed E-state index contributed by atoms with van der Waals surface area (Å²) in [6.07, 6.45) is 4.33. The lowest BCUT2D eigenvalue weighted by atomic mass is 10.2. The van der Waals surface area contributed by atoms with Gasteiger partial charge in [-0.25, -0.2) is 13.1 Å². The summed E-state index contributed by atoms with van der Waals surface area (Å²) in [7, 11) is -3.38. The predicted molar refractivity (Wildman–Crippen MR) is 86.7 cm³/mol. The number of benzene rings is 1. The first-order chi connectivity index (χ1) is 8.58. The van der Waals surface area contributed by atoms with E-state index >= 15 is 0 Å². The highest BCUT2D eigenvalue weighted by molar-refractivity contribution is 14.1. The molecule has 0 radical (unpaired) electrons. The number of nitrogens with one attached hydrogen (secondary N) is 1. The van der Waals surface area contributed by atoms with E-state index in [1.807, 2.05) is 0 Å². The van der Waals surface area contributed by atoms with Crippen LogP contribution in [-0.2, 0) is 10.0 Å². The highest BCUT2D eigenvalue weighted by Gasteiger charge is 2.15. The topological polar surface area (TPSA) is 46.2 Å². The molecule has 0 amide bonds. The molecule has 3 nitrogen and oxygen atoms in total. The average Bonchev–Trinajstić information content (AvgIpc) is 2.34. The van der Waals surface area contributed by atoms with Crippen LogP contribution in [-0.4, -0.2) is 19.4 Å². The molecule has 1 rings (SSSR count). The van der Waals surface area contributed by atoms with E-state index in [9.17, 15) is 8.42 Å². The van der Waals surface area contributed by atoms with Crippen molar-refractivity contribution in [1.29, 1.82) is 0 Å². The van der Waals surface area contributed by atoms with Gasteiger partial charge in [0, 0.05) is 11.0 Å². The van der Waals surface area contributed by atoms with Gasteiger partial charge in [-0.3, -0.25) is 0 Å². The van der Waals surface area contributed by atoms with Gasteiger partial charge in [0.1, 0.15) is 0 Å². The van der Waals surface area contributed by atoms with Crippen LogP contribution in [0, 0.1) is 0 Å². The van der Waals surface area contributed by atoms with E-state index in [2.05, 4.69) is 43.2 Å². The second-order valence-electron chi connectivity index (χ2n) is 3.93. The van der Waals surface area contributed by atoms with E-state index in [1.54, 1.807) is 24.3 Å². The number of hydrogen-bond donors (Lipinski definition) is 1. The van der Waals surface area contributed by atoms with E-state index in [0.29, 0.717) is 15.9 Å². The van der Waals surface area contributed by atoms with Crippen LogP contribution in [0.1, 0.15) is 25.7 Å². The molecule has 0 aromatic heterocycles. The van der Waals surface area contributed by atoms with E-state index < -0.39 is 10.0 Å². The second-order valence-corrected chi connectivity index (χ2v) is 7.60. The largest absolute Gasteiger partial charge is 0.241 e. The summed E-state index contributed by atoms with van der Waals surface area (Å²) in [6.45, 7) is 0.505. The normalized spacial score (nSPS) is 11.7. The zero-order valence-electron chi connectivity index (χ0n) is 10.0. The van der Waals surface area contributed by atoms with Crippen LogP contribution in [0.5, 0.6) is 0 Å². The summed E-state index contributed by atoms with van der Waals surface area (Å²) in [4.78, 5) is 0.303. The molecule has 18 heavy (non-hydrogen) atoms. The Hall–Kier alpha value is 0.340. The van der Waals surface area contributed by atoms with E-state index in [4.69, 9.17) is 0 Å². The molecule has 0 aliphatic rings. The van der Waals surface area contributed by atoms with Gasteiger partial charge in [0.05, 0.1) is 4.90 Å². The third kappa shape index (κ3) is 5.54. The molecule has 1 aromatic rings. The molecule has 1 N–H and O–H groups in total. The van der Waals surface area contributed by atoms with Gasteiger partial charge in [-0.05, 0) is 45.3 Å². The molecule has 0 unspecified atom stereocenters. The fourth-order valence-electron chi connectivity index (χ4n) is 1.52. The Labute approximate surface area is 131 Å². The van der Waals surface area contributed by atoms with Crippen molar-refractivity contribution >= 4 is 48.5 Å². The minimum absolute atomic E-state index is 0.303. The van der Waals surface area contributed by atoms with Gasteiger partial charge in [0.25, 0.3) is 0 Å². The van der Waals surface area contributed by atoms with Crippen molar-refractivity contribution in [3.8, 4) is 0 Å². The first kappa shape index (κ1) is 16.4. The third-order valence-electron chi connectivity index (χ3n) is 2.48. The molecule has 0 fully saturated rings. The zero-order chi connectivity index (χ0) is 13.4. The van der Waals surface area contributed by atoms with Crippen LogP contribution < -0.4 is 4.72 Å². The van der Waals surface area contributed by atoms with Crippen LogP contribution in [0.2, 0.25) is 0 Å². The maximum Gasteiger partial charge on any atom is 0.241 e. The molecule has 0 bridgehead atoms. The molecule has 0 heterocycles. The zero-order valence-corrected chi connectivity index (χ0v) is 14.6. The minimum atomic E-state index is -3.38. The number of hydrogen-bond acceptors (Lipinski definition) is 2. The van der Waals surface area contributed by atoms with Gasteiger partial charge in [-0.2, -0.15) is 0 Å². The number of alkyl halides is 1. The lowest BCUT2D eigenvalue weighted by Crippen LogP contribution is -2.25. The van der Waals surface area contributed by atoms with E-state index in [0.717, 1.165) is 12.8 Å². The van der Waals surface area contributed by atoms with Gasteiger partial charge in [-0.15, -0.1) is 0 Å². The molecule has 1 aromatic carbocycles. The summed E-state index contributed by atoms with van der Waals surface area (Å²) >= 11 is 5.61. The summed E-state index contributed by atoms with van der Waals surface area (Å²) in [5, 5.41) is 0. The molecule has 0 saturated carbocycles. The fourth-order valence-corrected chi connectivity index (χ4v) is 4.13. The van der Waals surface area contributed by atoms with Crippen LogP contribution in [0.15, 0.2) is 33.6 Å². The monoisotopic (exact) mass is 445 g/mol. The molecular formula is C12H17BrINO2S. The molecule has 0 atom stereocenters. The number of sulfonamides is 1. The Balaban J connectivity index is 2.44. The maximum atomic E-state index is 12.0. The summed E-state index contributed by atoms with van der Waals surface area (Å²) in [5.41, 5.74) is 0. The lowest BCUT2D eigenvalue weighted by molar-refractivity contribution is 0.573. The van der Waals surface area contributed by atoms with Crippen LogP contribution in [0.3, 0.4) is 0 Å². The lowest BCUT2D eigenvalue weighted by Gasteiger charge is -2.08. The Morgan fingerprint density at radius 2 is 1.78 bits per heavy atom. The molecule has 0 aliphatic heterocycles. The Morgan fingerprint density at radius 3 is 2.44 bits per heavy atom. The summed E-state index contributed by atoms with van der Waals surface area (Å²) in [5.74, 6) is 0. The second kappa shape index (κ2) is 8.50. The molecule has 0 aliphatic carbocycles. The highest BCUT2D eigenvalue weighted by atomic mass is 127. The Kier molecular flexibility index (Phi) is 7.74. The van der Waals surface area contributed by atoms with Crippen molar-refractivity contribution in [2.24, 2.45) is 0 Å². The summed E-state index contributed by atoms with van der Waals surface area (Å²) in [6, 6.07) is 6.85. The Bertz CT molecular complexity index is 465. The van der Waals surface area contributed by atoms with Crippen LogP contribution in [0.4, 0.5) is 0 Å². The van der Waals surface area contributed by atoms with Crippen molar-refractivity contribution in [2.45, 2.75) is 30.6 Å². The maximum absolute atomic E-state index is 12.0. The van der Waals surface area contributed by atoms with Crippen molar-refractivity contribution in [2.75, 3.05) is 11.0 Å². The molecule has 6 heteroatoms. The van der Waals surface area contributed by atoms with Gasteiger partial charge < -0.3 is 0 Å². The molecule has 102 valence electrons. The third-order valence-corrected chi connectivity index (χ3v) is 5.71. The number of halogens is 2. The van der Waals surface area contributed by atoms with Crippen molar-refractivity contribution in [3.63, 3.8) is 0 Å². The van der Waals surface area contributed by atoms with Crippen molar-refractivity contribution in [1.82, 2.24) is 4.72 Å².